The molecule has 1 unspecified atom stereocenters. The first-order valence-electron chi connectivity index (χ1n) is 9.78. The second-order valence-corrected chi connectivity index (χ2v) is 7.30. The highest BCUT2D eigenvalue weighted by atomic mass is 35.5. The molecule has 0 aromatic heterocycles. The molecule has 164 valence electrons. The van der Waals surface area contributed by atoms with E-state index >= 15 is 0 Å². The van der Waals surface area contributed by atoms with E-state index in [0.29, 0.717) is 18.9 Å². The van der Waals surface area contributed by atoms with Gasteiger partial charge in [-0.1, -0.05) is 36.4 Å². The van der Waals surface area contributed by atoms with Gasteiger partial charge in [-0.2, -0.15) is 0 Å². The van der Waals surface area contributed by atoms with Gasteiger partial charge in [0.25, 0.3) is 0 Å². The Hall–Kier alpha value is -2.28. The van der Waals surface area contributed by atoms with Gasteiger partial charge in [0.05, 0.1) is 6.54 Å². The molecule has 0 bridgehead atoms. The number of nitrogens with zero attached hydrogens (tertiary/aromatic N) is 1. The third kappa shape index (κ3) is 8.22. The Balaban J connectivity index is 0.00000225. The molecule has 1 aliphatic rings. The SMILES string of the molecule is Cl.Cl.NC(=O)CN(Cc1ccccc1)c1cccc(NC(=O)CCC2CCNC2)c1. The molecule has 1 fully saturated rings. The maximum absolute atomic E-state index is 12.3. The lowest BCUT2D eigenvalue weighted by Gasteiger charge is -2.24. The van der Waals surface area contributed by atoms with Crippen LogP contribution in [0, 0.1) is 5.92 Å². The number of primary amides is 1. The summed E-state index contributed by atoms with van der Waals surface area (Å²) in [5.41, 5.74) is 8.11. The van der Waals surface area contributed by atoms with Crippen LogP contribution in [0.3, 0.4) is 0 Å². The number of rotatable bonds is 9. The van der Waals surface area contributed by atoms with E-state index in [2.05, 4.69) is 10.6 Å². The monoisotopic (exact) mass is 452 g/mol. The van der Waals surface area contributed by atoms with Gasteiger partial charge in [0.15, 0.2) is 0 Å². The van der Waals surface area contributed by atoms with Crippen LogP contribution in [0.2, 0.25) is 0 Å². The Labute approximate surface area is 190 Å². The van der Waals surface area contributed by atoms with Gasteiger partial charge < -0.3 is 21.3 Å². The van der Waals surface area contributed by atoms with Crippen molar-refractivity contribution in [3.05, 3.63) is 60.2 Å². The second-order valence-electron chi connectivity index (χ2n) is 7.30. The van der Waals surface area contributed by atoms with Gasteiger partial charge in [0, 0.05) is 24.3 Å². The van der Waals surface area contributed by atoms with Gasteiger partial charge in [-0.15, -0.1) is 24.8 Å². The lowest BCUT2D eigenvalue weighted by Crippen LogP contribution is -2.33. The van der Waals surface area contributed by atoms with Crippen LogP contribution in [0.15, 0.2) is 54.6 Å². The van der Waals surface area contributed by atoms with E-state index in [-0.39, 0.29) is 37.3 Å². The summed E-state index contributed by atoms with van der Waals surface area (Å²) in [5, 5.41) is 6.30. The molecule has 2 aromatic carbocycles. The van der Waals surface area contributed by atoms with E-state index < -0.39 is 5.91 Å². The van der Waals surface area contributed by atoms with Crippen LogP contribution in [0.1, 0.15) is 24.8 Å². The molecule has 1 atom stereocenters. The van der Waals surface area contributed by atoms with E-state index in [1.165, 1.54) is 0 Å². The zero-order valence-electron chi connectivity index (χ0n) is 16.9. The summed E-state index contributed by atoms with van der Waals surface area (Å²) in [5.74, 6) is 0.220. The third-order valence-electron chi connectivity index (χ3n) is 5.00. The normalized spacial score (nSPS) is 14.9. The lowest BCUT2D eigenvalue weighted by molar-refractivity contribution is -0.117. The van der Waals surface area contributed by atoms with Crippen LogP contribution >= 0.6 is 24.8 Å². The van der Waals surface area contributed by atoms with Crippen molar-refractivity contribution in [2.45, 2.75) is 25.8 Å². The van der Waals surface area contributed by atoms with E-state index in [9.17, 15) is 9.59 Å². The van der Waals surface area contributed by atoms with Crippen molar-refractivity contribution in [1.29, 1.82) is 0 Å². The van der Waals surface area contributed by atoms with Gasteiger partial charge in [-0.25, -0.2) is 0 Å². The van der Waals surface area contributed by atoms with Gasteiger partial charge in [-0.05, 0) is 55.6 Å². The van der Waals surface area contributed by atoms with Crippen molar-refractivity contribution in [3.8, 4) is 0 Å². The molecular weight excluding hydrogens is 423 g/mol. The molecule has 0 spiro atoms. The smallest absolute Gasteiger partial charge is 0.236 e. The number of hydrogen-bond acceptors (Lipinski definition) is 4. The predicted molar refractivity (Wildman–Crippen MR) is 126 cm³/mol. The Morgan fingerprint density at radius 3 is 2.53 bits per heavy atom. The number of amides is 2. The molecular formula is C22H30Cl2N4O2. The number of halogens is 2. The minimum Gasteiger partial charge on any atom is -0.368 e. The molecule has 6 nitrogen and oxygen atoms in total. The number of hydrogen-bond donors (Lipinski definition) is 3. The standard InChI is InChI=1S/C22H28N4O2.2ClH/c23-21(27)16-26(15-18-5-2-1-3-6-18)20-8-4-7-19(13-20)25-22(28)10-9-17-11-12-24-14-17;;/h1-8,13,17,24H,9-12,14-16H2,(H2,23,27)(H,25,28);2*1H. The minimum absolute atomic E-state index is 0. The van der Waals surface area contributed by atoms with Crippen LogP contribution < -0.4 is 21.3 Å². The first kappa shape index (κ1) is 25.8. The fourth-order valence-electron chi connectivity index (χ4n) is 3.53. The average molecular weight is 453 g/mol. The summed E-state index contributed by atoms with van der Waals surface area (Å²) in [6.45, 7) is 2.73. The molecule has 2 aromatic rings. The summed E-state index contributed by atoms with van der Waals surface area (Å²) < 4.78 is 0. The summed E-state index contributed by atoms with van der Waals surface area (Å²) >= 11 is 0. The molecule has 4 N–H and O–H groups in total. The zero-order valence-corrected chi connectivity index (χ0v) is 18.5. The number of carbonyl (C=O) groups excluding carboxylic acids is 2. The molecule has 3 rings (SSSR count). The maximum atomic E-state index is 12.3. The fourth-order valence-corrected chi connectivity index (χ4v) is 3.53. The van der Waals surface area contributed by atoms with E-state index in [0.717, 1.165) is 42.9 Å². The summed E-state index contributed by atoms with van der Waals surface area (Å²) in [4.78, 5) is 25.8. The maximum Gasteiger partial charge on any atom is 0.236 e. The van der Waals surface area contributed by atoms with E-state index in [1.54, 1.807) is 0 Å². The molecule has 2 amide bonds. The number of nitrogens with two attached hydrogens (primary N) is 1. The van der Waals surface area contributed by atoms with Gasteiger partial charge >= 0.3 is 0 Å². The first-order valence-corrected chi connectivity index (χ1v) is 9.78. The average Bonchev–Trinajstić information content (AvgIpc) is 3.20. The summed E-state index contributed by atoms with van der Waals surface area (Å²) in [6.07, 6.45) is 2.57. The van der Waals surface area contributed by atoms with Crippen molar-refractivity contribution in [1.82, 2.24) is 5.32 Å². The second kappa shape index (κ2) is 13.1. The fraction of sp³-hybridized carbons (Fsp3) is 0.364. The number of carbonyl (C=O) groups is 2. The van der Waals surface area contributed by atoms with Crippen molar-refractivity contribution in [2.75, 3.05) is 29.9 Å². The highest BCUT2D eigenvalue weighted by molar-refractivity contribution is 5.91. The Bertz CT molecular complexity index is 799. The molecule has 0 saturated carbocycles. The zero-order chi connectivity index (χ0) is 19.8. The number of nitrogens with one attached hydrogen (secondary N) is 2. The quantitative estimate of drug-likeness (QED) is 0.544. The first-order chi connectivity index (χ1) is 13.6. The Morgan fingerprint density at radius 2 is 1.87 bits per heavy atom. The molecule has 0 aliphatic carbocycles. The van der Waals surface area contributed by atoms with Gasteiger partial charge in [0.1, 0.15) is 0 Å². The molecule has 8 heteroatoms. The van der Waals surface area contributed by atoms with Crippen molar-refractivity contribution >= 4 is 48.0 Å². The van der Waals surface area contributed by atoms with Crippen molar-refractivity contribution in [2.24, 2.45) is 11.7 Å². The van der Waals surface area contributed by atoms with Crippen LogP contribution in [-0.2, 0) is 16.1 Å². The van der Waals surface area contributed by atoms with E-state index in [4.69, 9.17) is 5.73 Å². The summed E-state index contributed by atoms with van der Waals surface area (Å²) in [6, 6.07) is 17.5. The third-order valence-corrected chi connectivity index (χ3v) is 5.00. The van der Waals surface area contributed by atoms with Crippen LogP contribution in [0.5, 0.6) is 0 Å². The highest BCUT2D eigenvalue weighted by Crippen LogP contribution is 2.22. The Morgan fingerprint density at radius 1 is 1.10 bits per heavy atom. The summed E-state index contributed by atoms with van der Waals surface area (Å²) in [7, 11) is 0. The van der Waals surface area contributed by atoms with Gasteiger partial charge in [0.2, 0.25) is 11.8 Å². The Kier molecular flexibility index (Phi) is 11.3. The number of benzene rings is 2. The van der Waals surface area contributed by atoms with Crippen molar-refractivity contribution in [3.63, 3.8) is 0 Å². The molecule has 0 radical (unpaired) electrons. The minimum atomic E-state index is -0.393. The topological polar surface area (TPSA) is 87.5 Å². The largest absolute Gasteiger partial charge is 0.368 e. The predicted octanol–water partition coefficient (Wildman–Crippen LogP) is 3.35. The van der Waals surface area contributed by atoms with Crippen LogP contribution in [-0.4, -0.2) is 31.4 Å². The lowest BCUT2D eigenvalue weighted by atomic mass is 10.0. The molecule has 30 heavy (non-hydrogen) atoms. The highest BCUT2D eigenvalue weighted by Gasteiger charge is 2.16. The van der Waals surface area contributed by atoms with Crippen molar-refractivity contribution < 1.29 is 9.59 Å². The van der Waals surface area contributed by atoms with Crippen LogP contribution in [0.4, 0.5) is 11.4 Å². The van der Waals surface area contributed by atoms with E-state index in [1.807, 2.05) is 59.5 Å². The molecule has 1 saturated heterocycles. The molecule has 1 heterocycles. The van der Waals surface area contributed by atoms with Gasteiger partial charge in [-0.3, -0.25) is 9.59 Å². The number of anilines is 2. The van der Waals surface area contributed by atoms with Crippen LogP contribution in [0.25, 0.3) is 0 Å². The molecule has 1 aliphatic heterocycles.